The zero-order valence-electron chi connectivity index (χ0n) is 10.9. The minimum absolute atomic E-state index is 0.0285. The van der Waals surface area contributed by atoms with E-state index in [9.17, 15) is 9.59 Å². The summed E-state index contributed by atoms with van der Waals surface area (Å²) in [6.45, 7) is 1.88. The lowest BCUT2D eigenvalue weighted by molar-refractivity contribution is 0.0838. The number of carbonyl (C=O) groups excluding carboxylic acids is 1. The summed E-state index contributed by atoms with van der Waals surface area (Å²) < 4.78 is 1.25. The van der Waals surface area contributed by atoms with E-state index in [1.807, 2.05) is 13.0 Å². The number of nitrogens with zero attached hydrogens (tertiary/aromatic N) is 1. The fourth-order valence-corrected chi connectivity index (χ4v) is 2.85. The van der Waals surface area contributed by atoms with Gasteiger partial charge in [0.2, 0.25) is 5.91 Å². The molecule has 0 atom stereocenters. The zero-order valence-corrected chi connectivity index (χ0v) is 10.9. The molecular weight excluding hydrogens is 242 g/mol. The number of aryl methyl sites for hydroxylation is 1. The normalized spacial score (nSPS) is 16.3. The molecule has 0 spiro atoms. The van der Waals surface area contributed by atoms with Gasteiger partial charge in [-0.1, -0.05) is 12.8 Å². The standard InChI is InChI=1S/C14H17N3O2/c1-8-6-11-12(7-10(8)15)17(14(19)16-11)13(18)9-4-2-3-5-9/h6-7,9H,2-5,15H2,1H3,(H,16,19). The minimum Gasteiger partial charge on any atom is -0.398 e. The number of nitrogens with two attached hydrogens (primary N) is 1. The number of fused-ring (bicyclic) bond motifs is 1. The third-order valence-corrected chi connectivity index (χ3v) is 3.99. The minimum atomic E-state index is -0.364. The molecule has 0 unspecified atom stereocenters. The van der Waals surface area contributed by atoms with Crippen LogP contribution in [0.25, 0.3) is 11.0 Å². The highest BCUT2D eigenvalue weighted by molar-refractivity contribution is 5.93. The molecule has 1 aliphatic carbocycles. The van der Waals surface area contributed by atoms with Gasteiger partial charge in [0, 0.05) is 11.6 Å². The number of anilines is 1. The van der Waals surface area contributed by atoms with Gasteiger partial charge in [-0.15, -0.1) is 0 Å². The Morgan fingerprint density at radius 3 is 2.74 bits per heavy atom. The van der Waals surface area contributed by atoms with Crippen LogP contribution in [0.15, 0.2) is 16.9 Å². The van der Waals surface area contributed by atoms with Crippen molar-refractivity contribution in [1.29, 1.82) is 0 Å². The van der Waals surface area contributed by atoms with Gasteiger partial charge in [-0.2, -0.15) is 0 Å². The van der Waals surface area contributed by atoms with Crippen molar-refractivity contribution >= 4 is 22.6 Å². The number of hydrogen-bond acceptors (Lipinski definition) is 3. The lowest BCUT2D eigenvalue weighted by Gasteiger charge is -2.09. The molecule has 1 heterocycles. The summed E-state index contributed by atoms with van der Waals surface area (Å²) in [7, 11) is 0. The molecule has 3 N–H and O–H groups in total. The predicted octanol–water partition coefficient (Wildman–Crippen LogP) is 2.05. The Bertz CT molecular complexity index is 705. The van der Waals surface area contributed by atoms with Crippen LogP contribution in [0.3, 0.4) is 0 Å². The Balaban J connectivity index is 2.17. The molecule has 1 aromatic heterocycles. The Hall–Kier alpha value is -2.04. The van der Waals surface area contributed by atoms with Crippen LogP contribution >= 0.6 is 0 Å². The van der Waals surface area contributed by atoms with Crippen molar-refractivity contribution in [3.05, 3.63) is 28.2 Å². The number of H-pyrrole nitrogens is 1. The summed E-state index contributed by atoms with van der Waals surface area (Å²) in [6, 6.07) is 3.51. The Morgan fingerprint density at radius 2 is 2.05 bits per heavy atom. The van der Waals surface area contributed by atoms with Gasteiger partial charge < -0.3 is 10.7 Å². The highest BCUT2D eigenvalue weighted by Gasteiger charge is 2.26. The van der Waals surface area contributed by atoms with Crippen LogP contribution in [0.1, 0.15) is 36.0 Å². The summed E-state index contributed by atoms with van der Waals surface area (Å²) in [5, 5.41) is 0. The molecule has 1 aliphatic rings. The van der Waals surface area contributed by atoms with E-state index in [1.165, 1.54) is 4.57 Å². The van der Waals surface area contributed by atoms with Crippen molar-refractivity contribution in [3.63, 3.8) is 0 Å². The molecule has 0 radical (unpaired) electrons. The van der Waals surface area contributed by atoms with Crippen molar-refractivity contribution in [2.45, 2.75) is 32.6 Å². The van der Waals surface area contributed by atoms with Gasteiger partial charge in [-0.05, 0) is 37.5 Å². The first kappa shape index (κ1) is 12.0. The van der Waals surface area contributed by atoms with E-state index in [1.54, 1.807) is 6.07 Å². The maximum Gasteiger partial charge on any atom is 0.333 e. The Kier molecular flexibility index (Phi) is 2.69. The van der Waals surface area contributed by atoms with E-state index in [0.29, 0.717) is 16.7 Å². The molecule has 3 rings (SSSR count). The third kappa shape index (κ3) is 1.85. The van der Waals surface area contributed by atoms with E-state index in [-0.39, 0.29) is 17.5 Å². The van der Waals surface area contributed by atoms with Crippen molar-refractivity contribution in [2.75, 3.05) is 5.73 Å². The van der Waals surface area contributed by atoms with Crippen LogP contribution in [0.4, 0.5) is 5.69 Å². The molecule has 19 heavy (non-hydrogen) atoms. The van der Waals surface area contributed by atoms with E-state index in [4.69, 9.17) is 5.73 Å². The maximum absolute atomic E-state index is 12.4. The monoisotopic (exact) mass is 259 g/mol. The van der Waals surface area contributed by atoms with Gasteiger partial charge in [0.05, 0.1) is 11.0 Å². The molecule has 100 valence electrons. The van der Waals surface area contributed by atoms with Gasteiger partial charge in [0.25, 0.3) is 0 Å². The molecule has 5 nitrogen and oxygen atoms in total. The summed E-state index contributed by atoms with van der Waals surface area (Å²) in [6.07, 6.45) is 3.88. The average Bonchev–Trinajstić information content (AvgIpc) is 2.97. The van der Waals surface area contributed by atoms with Crippen LogP contribution in [0, 0.1) is 12.8 Å². The number of imidazole rings is 1. The zero-order chi connectivity index (χ0) is 13.6. The lowest BCUT2D eigenvalue weighted by atomic mass is 10.1. The number of nitrogen functional groups attached to an aromatic ring is 1. The predicted molar refractivity (Wildman–Crippen MR) is 74.3 cm³/mol. The van der Waals surface area contributed by atoms with Gasteiger partial charge in [-0.3, -0.25) is 4.79 Å². The quantitative estimate of drug-likeness (QED) is 0.769. The van der Waals surface area contributed by atoms with Crippen LogP contribution in [-0.2, 0) is 0 Å². The van der Waals surface area contributed by atoms with Gasteiger partial charge in [0.15, 0.2) is 0 Å². The fourth-order valence-electron chi connectivity index (χ4n) is 2.85. The maximum atomic E-state index is 12.4. The van der Waals surface area contributed by atoms with Crippen LogP contribution in [-0.4, -0.2) is 15.5 Å². The lowest BCUT2D eigenvalue weighted by Crippen LogP contribution is -2.28. The van der Waals surface area contributed by atoms with E-state index >= 15 is 0 Å². The second kappa shape index (κ2) is 4.26. The molecule has 0 bridgehead atoms. The molecule has 0 aliphatic heterocycles. The van der Waals surface area contributed by atoms with Crippen LogP contribution < -0.4 is 11.4 Å². The SMILES string of the molecule is Cc1cc2[nH]c(=O)n(C(=O)C3CCCC3)c2cc1N. The average molecular weight is 259 g/mol. The summed E-state index contributed by atoms with van der Waals surface area (Å²) in [4.78, 5) is 27.2. The first-order valence-electron chi connectivity index (χ1n) is 6.63. The van der Waals surface area contributed by atoms with Crippen molar-refractivity contribution < 1.29 is 4.79 Å². The van der Waals surface area contributed by atoms with E-state index in [0.717, 1.165) is 31.2 Å². The fraction of sp³-hybridized carbons (Fsp3) is 0.429. The van der Waals surface area contributed by atoms with Crippen molar-refractivity contribution in [3.8, 4) is 0 Å². The van der Waals surface area contributed by atoms with Crippen molar-refractivity contribution in [2.24, 2.45) is 5.92 Å². The largest absolute Gasteiger partial charge is 0.398 e. The smallest absolute Gasteiger partial charge is 0.333 e. The number of benzene rings is 1. The van der Waals surface area contributed by atoms with Gasteiger partial charge in [0.1, 0.15) is 0 Å². The molecule has 5 heteroatoms. The van der Waals surface area contributed by atoms with Crippen molar-refractivity contribution in [1.82, 2.24) is 9.55 Å². The number of aromatic amines is 1. The highest BCUT2D eigenvalue weighted by atomic mass is 16.2. The topological polar surface area (TPSA) is 80.9 Å². The summed E-state index contributed by atoms with van der Waals surface area (Å²) >= 11 is 0. The molecular formula is C14H17N3O2. The first-order chi connectivity index (χ1) is 9.08. The number of hydrogen-bond donors (Lipinski definition) is 2. The molecule has 1 fully saturated rings. The van der Waals surface area contributed by atoms with Crippen LogP contribution in [0.2, 0.25) is 0 Å². The Labute approximate surface area is 110 Å². The second-order valence-corrected chi connectivity index (χ2v) is 5.31. The molecule has 1 saturated carbocycles. The number of carbonyl (C=O) groups is 1. The van der Waals surface area contributed by atoms with Gasteiger partial charge in [-0.25, -0.2) is 9.36 Å². The summed E-state index contributed by atoms with van der Waals surface area (Å²) in [5.41, 5.74) is 8.26. The summed E-state index contributed by atoms with van der Waals surface area (Å²) in [5.74, 6) is -0.128. The highest BCUT2D eigenvalue weighted by Crippen LogP contribution is 2.27. The number of aromatic nitrogens is 2. The second-order valence-electron chi connectivity index (χ2n) is 5.31. The van der Waals surface area contributed by atoms with E-state index < -0.39 is 0 Å². The first-order valence-corrected chi connectivity index (χ1v) is 6.63. The van der Waals surface area contributed by atoms with Crippen LogP contribution in [0.5, 0.6) is 0 Å². The molecule has 2 aromatic rings. The number of nitrogens with one attached hydrogen (secondary N) is 1. The number of rotatable bonds is 1. The third-order valence-electron chi connectivity index (χ3n) is 3.99. The van der Waals surface area contributed by atoms with Gasteiger partial charge >= 0.3 is 5.69 Å². The molecule has 0 amide bonds. The molecule has 0 saturated heterocycles. The molecule has 1 aromatic carbocycles. The van der Waals surface area contributed by atoms with E-state index in [2.05, 4.69) is 4.98 Å². The Morgan fingerprint density at radius 1 is 1.37 bits per heavy atom.